The van der Waals surface area contributed by atoms with Gasteiger partial charge in [-0.3, -0.25) is 9.59 Å². The first kappa shape index (κ1) is 47.8. The second-order valence-corrected chi connectivity index (χ2v) is 13.9. The molecule has 290 valence electrons. The van der Waals surface area contributed by atoms with E-state index in [1.807, 2.05) is 69.8 Å². The van der Waals surface area contributed by atoms with Crippen LogP contribution in [0.4, 0.5) is 0 Å². The van der Waals surface area contributed by atoms with Crippen LogP contribution in [0, 0.1) is 0 Å². The molecule has 0 heterocycles. The molecule has 0 spiro atoms. The number of unbranched alkanes of at least 4 members (excludes halogenated alkanes) is 11. The maximum atomic E-state index is 12.7. The lowest BCUT2D eigenvalue weighted by Crippen LogP contribution is -2.50. The van der Waals surface area contributed by atoms with Crippen molar-refractivity contribution >= 4 is 17.9 Å². The first-order valence-electron chi connectivity index (χ1n) is 19.5. The summed E-state index contributed by atoms with van der Waals surface area (Å²) < 4.78 is 17.1. The van der Waals surface area contributed by atoms with E-state index < -0.39 is 18.1 Å². The molecular weight excluding hydrogens is 642 g/mol. The molecule has 0 radical (unpaired) electrons. The van der Waals surface area contributed by atoms with Crippen molar-refractivity contribution in [1.82, 2.24) is 0 Å². The monoisotopic (exact) mass is 715 g/mol. The Labute approximate surface area is 311 Å². The number of aliphatic carboxylic acids is 1. The Morgan fingerprint density at radius 2 is 1.12 bits per heavy atom. The van der Waals surface area contributed by atoms with Gasteiger partial charge in [-0.1, -0.05) is 125 Å². The summed E-state index contributed by atoms with van der Waals surface area (Å²) in [5.74, 6) is -1.55. The van der Waals surface area contributed by atoms with Gasteiger partial charge in [-0.05, 0) is 57.8 Å². The van der Waals surface area contributed by atoms with Crippen LogP contribution in [-0.2, 0) is 28.6 Å². The number of carbonyl (C=O) groups is 3. The molecular formula is C43H72NO7+. The Kier molecular flexibility index (Phi) is 31.7. The molecule has 0 saturated carbocycles. The van der Waals surface area contributed by atoms with Gasteiger partial charge in [0, 0.05) is 19.3 Å². The summed E-state index contributed by atoms with van der Waals surface area (Å²) in [5.41, 5.74) is 0. The SMILES string of the molecule is CC/C=C/C=C/C=C/C=C/C=C/CCCCCC(=O)OC(COCCC(C(=O)O)[N+](C)(C)C)COC(=O)CCCCCCC/C=C/CCCCC. The lowest BCUT2D eigenvalue weighted by molar-refractivity contribution is -0.887. The van der Waals surface area contributed by atoms with Gasteiger partial charge in [-0.25, -0.2) is 4.79 Å². The van der Waals surface area contributed by atoms with Crippen molar-refractivity contribution in [1.29, 1.82) is 0 Å². The van der Waals surface area contributed by atoms with Crippen LogP contribution < -0.4 is 0 Å². The highest BCUT2D eigenvalue weighted by Crippen LogP contribution is 2.12. The predicted molar refractivity (Wildman–Crippen MR) is 210 cm³/mol. The molecule has 0 aromatic rings. The number of carboxylic acids is 1. The maximum absolute atomic E-state index is 12.7. The van der Waals surface area contributed by atoms with Gasteiger partial charge in [0.1, 0.15) is 6.61 Å². The first-order chi connectivity index (χ1) is 24.6. The van der Waals surface area contributed by atoms with E-state index in [2.05, 4.69) is 38.2 Å². The summed E-state index contributed by atoms with van der Waals surface area (Å²) in [6.45, 7) is 4.48. The standard InChI is InChI=1S/C43H71NO7/c1-6-8-10-12-14-16-18-20-21-22-24-26-28-30-32-34-42(46)51-39(37-49-36-35-40(43(47)48)44(3,4)5)38-50-41(45)33-31-29-27-25-23-19-17-15-13-11-9-7-2/h8,10,12,14-18,20-22,24,39-40H,6-7,9,11,13,19,23,25-38H2,1-5H3/p+1/b10-8+,14-12+,17-15+,18-16+,21-20+,24-22+. The highest BCUT2D eigenvalue weighted by Gasteiger charge is 2.31. The number of likely N-dealkylation sites (N-methyl/N-ethyl adjacent to an activating group) is 1. The molecule has 0 rings (SSSR count). The van der Waals surface area contributed by atoms with Crippen molar-refractivity contribution in [2.24, 2.45) is 0 Å². The zero-order valence-corrected chi connectivity index (χ0v) is 32.8. The van der Waals surface area contributed by atoms with Crippen LogP contribution in [0.25, 0.3) is 0 Å². The fourth-order valence-electron chi connectivity index (χ4n) is 5.16. The molecule has 2 atom stereocenters. The fourth-order valence-corrected chi connectivity index (χ4v) is 5.16. The molecule has 0 bridgehead atoms. The third-order valence-electron chi connectivity index (χ3n) is 8.22. The van der Waals surface area contributed by atoms with Gasteiger partial charge in [-0.15, -0.1) is 0 Å². The van der Waals surface area contributed by atoms with Crippen LogP contribution in [0.15, 0.2) is 72.9 Å². The Balaban J connectivity index is 4.54. The van der Waals surface area contributed by atoms with Gasteiger partial charge in [0.15, 0.2) is 12.1 Å². The van der Waals surface area contributed by atoms with Crippen LogP contribution in [0.1, 0.15) is 129 Å². The van der Waals surface area contributed by atoms with Crippen LogP contribution in [0.5, 0.6) is 0 Å². The van der Waals surface area contributed by atoms with Gasteiger partial charge in [0.2, 0.25) is 0 Å². The van der Waals surface area contributed by atoms with Crippen molar-refractivity contribution in [2.75, 3.05) is 41.0 Å². The minimum absolute atomic E-state index is 0.0370. The number of esters is 2. The molecule has 8 heteroatoms. The number of hydrogen-bond donors (Lipinski definition) is 1. The molecule has 0 fully saturated rings. The predicted octanol–water partition coefficient (Wildman–Crippen LogP) is 10.0. The van der Waals surface area contributed by atoms with Gasteiger partial charge < -0.3 is 23.8 Å². The minimum atomic E-state index is -0.888. The van der Waals surface area contributed by atoms with E-state index in [1.165, 1.54) is 32.1 Å². The Hall–Kier alpha value is -3.23. The number of carbonyl (C=O) groups excluding carboxylic acids is 2. The molecule has 8 nitrogen and oxygen atoms in total. The second-order valence-electron chi connectivity index (χ2n) is 13.9. The summed E-state index contributed by atoms with van der Waals surface area (Å²) >= 11 is 0. The topological polar surface area (TPSA) is 99.1 Å². The van der Waals surface area contributed by atoms with E-state index in [1.54, 1.807) is 0 Å². The fraction of sp³-hybridized carbons (Fsp3) is 0.651. The van der Waals surface area contributed by atoms with Crippen molar-refractivity contribution in [3.63, 3.8) is 0 Å². The van der Waals surface area contributed by atoms with Gasteiger partial charge in [0.05, 0.1) is 34.4 Å². The number of hydrogen-bond acceptors (Lipinski definition) is 6. The van der Waals surface area contributed by atoms with Crippen molar-refractivity contribution < 1.29 is 38.2 Å². The number of rotatable bonds is 33. The average Bonchev–Trinajstić information content (AvgIpc) is 3.08. The van der Waals surface area contributed by atoms with Crippen molar-refractivity contribution in [3.8, 4) is 0 Å². The van der Waals surface area contributed by atoms with Gasteiger partial charge in [-0.2, -0.15) is 0 Å². The Morgan fingerprint density at radius 1 is 0.608 bits per heavy atom. The molecule has 2 unspecified atom stereocenters. The van der Waals surface area contributed by atoms with Crippen molar-refractivity contribution in [2.45, 2.75) is 142 Å². The molecule has 0 aliphatic carbocycles. The first-order valence-corrected chi connectivity index (χ1v) is 19.5. The molecule has 0 aromatic heterocycles. The molecule has 0 aliphatic heterocycles. The maximum Gasteiger partial charge on any atom is 0.362 e. The minimum Gasteiger partial charge on any atom is -0.477 e. The second kappa shape index (κ2) is 33.9. The highest BCUT2D eigenvalue weighted by molar-refractivity contribution is 5.72. The van der Waals surface area contributed by atoms with Gasteiger partial charge >= 0.3 is 17.9 Å². The van der Waals surface area contributed by atoms with Crippen LogP contribution in [-0.4, -0.2) is 80.6 Å². The summed E-state index contributed by atoms with van der Waals surface area (Å²) in [6, 6.07) is -0.626. The molecule has 51 heavy (non-hydrogen) atoms. The molecule has 0 amide bonds. The smallest absolute Gasteiger partial charge is 0.362 e. The van der Waals surface area contributed by atoms with E-state index in [0.717, 1.165) is 57.8 Å². The molecule has 1 N–H and O–H groups in total. The largest absolute Gasteiger partial charge is 0.477 e. The number of allylic oxidation sites excluding steroid dienone is 12. The summed E-state index contributed by atoms with van der Waals surface area (Å²) in [7, 11) is 5.49. The van der Waals surface area contributed by atoms with E-state index >= 15 is 0 Å². The van der Waals surface area contributed by atoms with Crippen LogP contribution >= 0.6 is 0 Å². The summed E-state index contributed by atoms with van der Waals surface area (Å²) in [6.07, 6.45) is 40.8. The zero-order valence-electron chi connectivity index (χ0n) is 32.8. The Bertz CT molecular complexity index is 1060. The van der Waals surface area contributed by atoms with E-state index in [4.69, 9.17) is 14.2 Å². The lowest BCUT2D eigenvalue weighted by Gasteiger charge is -2.31. The molecule has 0 saturated heterocycles. The molecule has 0 aliphatic rings. The number of ether oxygens (including phenoxy) is 3. The van der Waals surface area contributed by atoms with E-state index in [0.29, 0.717) is 19.3 Å². The average molecular weight is 715 g/mol. The third kappa shape index (κ3) is 32.4. The van der Waals surface area contributed by atoms with Crippen LogP contribution in [0.2, 0.25) is 0 Å². The lowest BCUT2D eigenvalue weighted by atomic mass is 10.1. The summed E-state index contributed by atoms with van der Waals surface area (Å²) in [5, 5.41) is 9.59. The highest BCUT2D eigenvalue weighted by atomic mass is 16.6. The third-order valence-corrected chi connectivity index (χ3v) is 8.22. The zero-order chi connectivity index (χ0) is 37.8. The number of carboxylic acid groups (broad SMARTS) is 1. The summed E-state index contributed by atoms with van der Waals surface area (Å²) in [4.78, 5) is 36.8. The van der Waals surface area contributed by atoms with Crippen LogP contribution in [0.3, 0.4) is 0 Å². The number of quaternary nitrogens is 1. The van der Waals surface area contributed by atoms with E-state index in [-0.39, 0.29) is 42.7 Å². The normalized spacial score (nSPS) is 13.8. The van der Waals surface area contributed by atoms with Gasteiger partial charge in [0.25, 0.3) is 0 Å². The quantitative estimate of drug-likeness (QED) is 0.0238. The van der Waals surface area contributed by atoms with E-state index in [9.17, 15) is 19.5 Å². The molecule has 0 aromatic carbocycles. The number of nitrogens with zero attached hydrogens (tertiary/aromatic N) is 1. The van der Waals surface area contributed by atoms with Crippen molar-refractivity contribution in [3.05, 3.63) is 72.9 Å². The Morgan fingerprint density at radius 3 is 1.71 bits per heavy atom.